The first kappa shape index (κ1) is 31.1. The number of ether oxygens (including phenoxy) is 1. The lowest BCUT2D eigenvalue weighted by atomic mass is 9.86. The van der Waals surface area contributed by atoms with Crippen LogP contribution in [-0.2, 0) is 21.8 Å². The molecule has 0 aliphatic heterocycles. The Morgan fingerprint density at radius 2 is 1.79 bits per heavy atom. The van der Waals surface area contributed by atoms with Crippen LogP contribution in [0.1, 0.15) is 43.1 Å². The summed E-state index contributed by atoms with van der Waals surface area (Å²) in [5, 5.41) is 16.6. The second-order valence-corrected chi connectivity index (χ2v) is 14.0. The van der Waals surface area contributed by atoms with Gasteiger partial charge in [-0.05, 0) is 56.5 Å². The number of amides is 1. The molecule has 0 saturated heterocycles. The highest BCUT2D eigenvalue weighted by Gasteiger charge is 2.35. The van der Waals surface area contributed by atoms with Crippen LogP contribution in [0, 0.1) is 0 Å². The summed E-state index contributed by atoms with van der Waals surface area (Å²) in [4.78, 5) is 29.1. The Morgan fingerprint density at radius 3 is 2.46 bits per heavy atom. The fraction of sp³-hybridized carbons (Fsp3) is 0.265. The van der Waals surface area contributed by atoms with Crippen LogP contribution in [0.2, 0.25) is 0 Å². The number of fused-ring (bicyclic) bond motifs is 2. The Kier molecular flexibility index (Phi) is 7.74. The average Bonchev–Trinajstić information content (AvgIpc) is 3.79. The summed E-state index contributed by atoms with van der Waals surface area (Å²) in [7, 11) is -1.15. The fourth-order valence-corrected chi connectivity index (χ4v) is 7.91. The summed E-state index contributed by atoms with van der Waals surface area (Å²) < 4.78 is 38.8. The molecule has 7 rings (SSSR count). The summed E-state index contributed by atoms with van der Waals surface area (Å²) in [5.41, 5.74) is 4.00. The van der Waals surface area contributed by atoms with Crippen molar-refractivity contribution in [1.82, 2.24) is 33.8 Å². The van der Waals surface area contributed by atoms with Gasteiger partial charge < -0.3 is 15.4 Å². The van der Waals surface area contributed by atoms with Crippen molar-refractivity contribution < 1.29 is 22.7 Å². The lowest BCUT2D eigenvalue weighted by molar-refractivity contribution is 0.112. The van der Waals surface area contributed by atoms with Crippen LogP contribution in [0.25, 0.3) is 44.3 Å². The molecule has 1 aliphatic rings. The molecular formula is C34H34N8O5S. The number of carbonyl (C=O) groups excluding carboxylic acids is 2. The number of anilines is 1. The van der Waals surface area contributed by atoms with E-state index in [1.165, 1.54) is 17.3 Å². The maximum atomic E-state index is 14.7. The van der Waals surface area contributed by atoms with Crippen molar-refractivity contribution in [3.05, 3.63) is 78.9 Å². The lowest BCUT2D eigenvalue weighted by Crippen LogP contribution is -2.49. The normalized spacial score (nSPS) is 16.3. The number of hydrogen-bond donors (Lipinski definition) is 2. The van der Waals surface area contributed by atoms with Gasteiger partial charge in [0.2, 0.25) is 0 Å². The predicted molar refractivity (Wildman–Crippen MR) is 181 cm³/mol. The Bertz CT molecular complexity index is 2300. The van der Waals surface area contributed by atoms with E-state index >= 15 is 0 Å². The van der Waals surface area contributed by atoms with Gasteiger partial charge in [0.1, 0.15) is 0 Å². The molecular weight excluding hydrogens is 632 g/mol. The summed E-state index contributed by atoms with van der Waals surface area (Å²) in [5.74, 6) is 0. The van der Waals surface area contributed by atoms with Gasteiger partial charge in [-0.15, -0.1) is 0 Å². The monoisotopic (exact) mass is 666 g/mol. The molecule has 2 aromatic carbocycles. The molecule has 1 amide bonds. The maximum Gasteiger partial charge on any atom is 0.407 e. The second kappa shape index (κ2) is 11.9. The minimum atomic E-state index is -4.23. The highest BCUT2D eigenvalue weighted by Crippen LogP contribution is 2.47. The Labute approximate surface area is 276 Å². The number of nitrogens with zero attached hydrogens (tertiary/aromatic N) is 6. The van der Waals surface area contributed by atoms with Crippen molar-refractivity contribution in [2.45, 2.75) is 49.7 Å². The zero-order valence-electron chi connectivity index (χ0n) is 26.8. The quantitative estimate of drug-likeness (QED) is 0.194. The number of methoxy groups -OCH3 is 1. The fourth-order valence-electron chi connectivity index (χ4n) is 6.40. The minimum absolute atomic E-state index is 0.0822. The highest BCUT2D eigenvalue weighted by molar-refractivity contribution is 7.90. The van der Waals surface area contributed by atoms with Crippen molar-refractivity contribution >= 4 is 50.0 Å². The third kappa shape index (κ3) is 5.18. The lowest BCUT2D eigenvalue weighted by Gasteiger charge is -2.36. The van der Waals surface area contributed by atoms with E-state index in [0.717, 1.165) is 10.9 Å². The molecule has 1 aliphatic carbocycles. The predicted octanol–water partition coefficient (Wildman–Crippen LogP) is 5.38. The van der Waals surface area contributed by atoms with Gasteiger partial charge in [0.15, 0.2) is 11.9 Å². The molecule has 0 unspecified atom stereocenters. The molecule has 48 heavy (non-hydrogen) atoms. The average molecular weight is 667 g/mol. The van der Waals surface area contributed by atoms with Crippen molar-refractivity contribution in [3.63, 3.8) is 0 Å². The van der Waals surface area contributed by atoms with Gasteiger partial charge in [-0.25, -0.2) is 22.2 Å². The van der Waals surface area contributed by atoms with Crippen LogP contribution < -0.4 is 10.6 Å². The van der Waals surface area contributed by atoms with E-state index in [1.54, 1.807) is 60.7 Å². The zero-order valence-corrected chi connectivity index (χ0v) is 27.6. The van der Waals surface area contributed by atoms with E-state index in [1.807, 2.05) is 22.9 Å². The van der Waals surface area contributed by atoms with Crippen LogP contribution in [0.15, 0.2) is 78.2 Å². The topological polar surface area (TPSA) is 155 Å². The first-order valence-electron chi connectivity index (χ1n) is 15.5. The van der Waals surface area contributed by atoms with Crippen molar-refractivity contribution in [3.8, 4) is 22.4 Å². The number of benzene rings is 2. The standard InChI is InChI=1S/C34H34N8O5S/c1-20(2)41-28-11-10-21(12-22(28)16-37-41)29-30-31(38-25-13-26(14-25)39-34(44)47-4)24(19-43)15-35-33(30)42(32(29)23-17-36-40(3)18-23)48(45,46)27-8-6-5-7-9-27/h5-12,15-20,25-26H,13-14H2,1-4H3,(H,35,38)(H,39,44). The molecule has 246 valence electrons. The number of hydrogen-bond acceptors (Lipinski definition) is 9. The van der Waals surface area contributed by atoms with Gasteiger partial charge in [0.25, 0.3) is 10.0 Å². The first-order valence-corrected chi connectivity index (χ1v) is 17.0. The molecule has 14 heteroatoms. The Morgan fingerprint density at radius 1 is 1.02 bits per heavy atom. The third-order valence-corrected chi connectivity index (χ3v) is 10.4. The van der Waals surface area contributed by atoms with Gasteiger partial charge in [-0.3, -0.25) is 14.2 Å². The van der Waals surface area contributed by atoms with E-state index in [9.17, 15) is 18.0 Å². The first-order chi connectivity index (χ1) is 23.1. The van der Waals surface area contributed by atoms with E-state index in [-0.39, 0.29) is 34.2 Å². The third-order valence-electron chi connectivity index (χ3n) is 8.72. The molecule has 0 radical (unpaired) electrons. The molecule has 1 saturated carbocycles. The SMILES string of the molecule is COC(=O)NC1CC(Nc2c(C=O)cnc3c2c(-c2ccc4c(cnn4C(C)C)c2)c(-c2cnn(C)c2)n3S(=O)(=O)c2ccccc2)C1. The molecule has 6 aromatic rings. The van der Waals surface area contributed by atoms with E-state index in [0.29, 0.717) is 52.6 Å². The van der Waals surface area contributed by atoms with Crippen molar-refractivity contribution in [1.29, 1.82) is 0 Å². The summed E-state index contributed by atoms with van der Waals surface area (Å²) in [6, 6.07) is 14.0. The van der Waals surface area contributed by atoms with Crippen LogP contribution in [-0.4, -0.2) is 68.5 Å². The maximum absolute atomic E-state index is 14.7. The molecule has 0 atom stereocenters. The molecule has 0 spiro atoms. The highest BCUT2D eigenvalue weighted by atomic mass is 32.2. The van der Waals surface area contributed by atoms with Gasteiger partial charge >= 0.3 is 6.09 Å². The molecule has 4 heterocycles. The van der Waals surface area contributed by atoms with Gasteiger partial charge in [-0.2, -0.15) is 10.2 Å². The number of alkyl carbamates (subject to hydrolysis) is 1. The van der Waals surface area contributed by atoms with Crippen LogP contribution in [0.5, 0.6) is 0 Å². The number of aryl methyl sites for hydroxylation is 1. The number of nitrogens with one attached hydrogen (secondary N) is 2. The van der Waals surface area contributed by atoms with E-state index < -0.39 is 16.1 Å². The van der Waals surface area contributed by atoms with Crippen molar-refractivity contribution in [2.75, 3.05) is 12.4 Å². The molecule has 0 bridgehead atoms. The number of aromatic nitrogens is 6. The molecule has 1 fully saturated rings. The number of carbonyl (C=O) groups is 2. The molecule has 13 nitrogen and oxygen atoms in total. The minimum Gasteiger partial charge on any atom is -0.453 e. The van der Waals surface area contributed by atoms with Crippen LogP contribution >= 0.6 is 0 Å². The molecule has 4 aromatic heterocycles. The number of aldehydes is 1. The van der Waals surface area contributed by atoms with Gasteiger partial charge in [0, 0.05) is 54.1 Å². The van der Waals surface area contributed by atoms with Crippen molar-refractivity contribution in [2.24, 2.45) is 7.05 Å². The largest absolute Gasteiger partial charge is 0.453 e. The second-order valence-electron chi connectivity index (χ2n) is 12.2. The van der Waals surface area contributed by atoms with Gasteiger partial charge in [0.05, 0.1) is 52.2 Å². The molecule has 2 N–H and O–H groups in total. The van der Waals surface area contributed by atoms with Crippen LogP contribution in [0.3, 0.4) is 0 Å². The zero-order chi connectivity index (χ0) is 33.7. The van der Waals surface area contributed by atoms with E-state index in [2.05, 4.69) is 39.7 Å². The van der Waals surface area contributed by atoms with Gasteiger partial charge in [-0.1, -0.05) is 24.3 Å². The van der Waals surface area contributed by atoms with E-state index in [4.69, 9.17) is 4.74 Å². The number of rotatable bonds is 9. The summed E-state index contributed by atoms with van der Waals surface area (Å²) >= 11 is 0. The summed E-state index contributed by atoms with van der Waals surface area (Å²) in [6.45, 7) is 4.11. The Balaban J connectivity index is 1.54. The Hall–Kier alpha value is -5.50. The smallest absolute Gasteiger partial charge is 0.407 e. The van der Waals surface area contributed by atoms with Crippen LogP contribution in [0.4, 0.5) is 10.5 Å². The number of pyridine rings is 1. The summed E-state index contributed by atoms with van der Waals surface area (Å²) in [6.07, 6.45) is 7.91.